The van der Waals surface area contributed by atoms with Crippen molar-refractivity contribution in [1.82, 2.24) is 9.97 Å². The highest BCUT2D eigenvalue weighted by Gasteiger charge is 2.15. The van der Waals surface area contributed by atoms with Crippen molar-refractivity contribution in [2.24, 2.45) is 0 Å². The molecule has 1 aromatic heterocycles. The van der Waals surface area contributed by atoms with Crippen molar-refractivity contribution in [3.05, 3.63) is 84.4 Å². The van der Waals surface area contributed by atoms with E-state index >= 15 is 0 Å². The van der Waals surface area contributed by atoms with Gasteiger partial charge in [0, 0.05) is 23.2 Å². The van der Waals surface area contributed by atoms with Crippen LogP contribution in [0.3, 0.4) is 0 Å². The number of nitrogens with zero attached hydrogens (tertiary/aromatic N) is 3. The van der Waals surface area contributed by atoms with E-state index in [0.717, 1.165) is 40.3 Å². The molecule has 0 aliphatic carbocycles. The summed E-state index contributed by atoms with van der Waals surface area (Å²) in [6, 6.07) is 27.0. The Kier molecular flexibility index (Phi) is 4.36. The van der Waals surface area contributed by atoms with Gasteiger partial charge in [0.15, 0.2) is 0 Å². The lowest BCUT2D eigenvalue weighted by Gasteiger charge is -2.22. The van der Waals surface area contributed by atoms with Gasteiger partial charge in [0.1, 0.15) is 0 Å². The first-order valence-electron chi connectivity index (χ1n) is 8.92. The average Bonchev–Trinajstić information content (AvgIpc) is 2.70. The molecule has 0 spiro atoms. The summed E-state index contributed by atoms with van der Waals surface area (Å²) in [5, 5.41) is 1.09. The third kappa shape index (κ3) is 3.04. The fourth-order valence-corrected chi connectivity index (χ4v) is 3.21. The molecule has 0 amide bonds. The quantitative estimate of drug-likeness (QED) is 0.473. The molecule has 26 heavy (non-hydrogen) atoms. The lowest BCUT2D eigenvalue weighted by Crippen LogP contribution is -2.19. The van der Waals surface area contributed by atoms with Gasteiger partial charge in [-0.05, 0) is 38.1 Å². The van der Waals surface area contributed by atoms with Gasteiger partial charge in [0.05, 0.1) is 11.2 Å². The SMILES string of the molecule is CCN(c1ccccc1)c1nc(-c2ccccc2)c2cc(C)ccc2n1. The van der Waals surface area contributed by atoms with E-state index in [1.54, 1.807) is 0 Å². The van der Waals surface area contributed by atoms with E-state index in [1.165, 1.54) is 5.56 Å². The van der Waals surface area contributed by atoms with Crippen molar-refractivity contribution in [1.29, 1.82) is 0 Å². The van der Waals surface area contributed by atoms with Crippen LogP contribution in [0.25, 0.3) is 22.2 Å². The number of fused-ring (bicyclic) bond motifs is 1. The number of anilines is 2. The molecule has 1 heterocycles. The van der Waals surface area contributed by atoms with Gasteiger partial charge in [-0.3, -0.25) is 0 Å². The van der Waals surface area contributed by atoms with Crippen LogP contribution in [-0.4, -0.2) is 16.5 Å². The van der Waals surface area contributed by atoms with Gasteiger partial charge in [0.2, 0.25) is 5.95 Å². The summed E-state index contributed by atoms with van der Waals surface area (Å²) < 4.78 is 0. The van der Waals surface area contributed by atoms with Crippen LogP contribution in [0, 0.1) is 6.92 Å². The highest BCUT2D eigenvalue weighted by molar-refractivity contribution is 5.93. The molecule has 0 fully saturated rings. The molecule has 128 valence electrons. The minimum atomic E-state index is 0.730. The third-order valence-electron chi connectivity index (χ3n) is 4.51. The summed E-state index contributed by atoms with van der Waals surface area (Å²) in [4.78, 5) is 12.0. The molecule has 3 aromatic carbocycles. The van der Waals surface area contributed by atoms with Crippen molar-refractivity contribution >= 4 is 22.5 Å². The number of para-hydroxylation sites is 1. The summed E-state index contributed by atoms with van der Waals surface area (Å²) in [6.45, 7) is 5.03. The van der Waals surface area contributed by atoms with Gasteiger partial charge < -0.3 is 4.90 Å². The fraction of sp³-hybridized carbons (Fsp3) is 0.130. The zero-order valence-corrected chi connectivity index (χ0v) is 15.1. The normalized spacial score (nSPS) is 10.8. The van der Waals surface area contributed by atoms with E-state index in [2.05, 4.69) is 61.2 Å². The first kappa shape index (κ1) is 16.3. The van der Waals surface area contributed by atoms with Gasteiger partial charge in [-0.15, -0.1) is 0 Å². The van der Waals surface area contributed by atoms with Crippen LogP contribution in [-0.2, 0) is 0 Å². The van der Waals surface area contributed by atoms with E-state index in [9.17, 15) is 0 Å². The first-order valence-corrected chi connectivity index (χ1v) is 8.92. The van der Waals surface area contributed by atoms with Crippen LogP contribution in [0.1, 0.15) is 12.5 Å². The van der Waals surface area contributed by atoms with Crippen LogP contribution < -0.4 is 4.90 Å². The maximum atomic E-state index is 4.97. The fourth-order valence-electron chi connectivity index (χ4n) is 3.21. The Morgan fingerprint density at radius 1 is 0.808 bits per heavy atom. The molecule has 0 aliphatic heterocycles. The maximum absolute atomic E-state index is 4.97. The Balaban J connectivity index is 1.96. The molecule has 0 radical (unpaired) electrons. The molecule has 3 nitrogen and oxygen atoms in total. The molecule has 0 aliphatic rings. The van der Waals surface area contributed by atoms with E-state index in [-0.39, 0.29) is 0 Å². The van der Waals surface area contributed by atoms with Gasteiger partial charge in [-0.25, -0.2) is 9.97 Å². The van der Waals surface area contributed by atoms with Gasteiger partial charge in [-0.2, -0.15) is 0 Å². The lowest BCUT2D eigenvalue weighted by molar-refractivity contribution is 0.959. The average molecular weight is 339 g/mol. The van der Waals surface area contributed by atoms with Crippen molar-refractivity contribution in [3.8, 4) is 11.3 Å². The number of benzene rings is 3. The summed E-state index contributed by atoms with van der Waals surface area (Å²) in [6.07, 6.45) is 0. The van der Waals surface area contributed by atoms with Gasteiger partial charge in [0.25, 0.3) is 0 Å². The van der Waals surface area contributed by atoms with Gasteiger partial charge >= 0.3 is 0 Å². The van der Waals surface area contributed by atoms with E-state index in [4.69, 9.17) is 9.97 Å². The molecular formula is C23H21N3. The predicted molar refractivity (Wildman–Crippen MR) is 109 cm³/mol. The molecule has 0 unspecified atom stereocenters. The summed E-state index contributed by atoms with van der Waals surface area (Å²) in [5.41, 5.74) is 5.36. The minimum absolute atomic E-state index is 0.730. The van der Waals surface area contributed by atoms with Crippen molar-refractivity contribution in [3.63, 3.8) is 0 Å². The maximum Gasteiger partial charge on any atom is 0.231 e. The number of hydrogen-bond acceptors (Lipinski definition) is 3. The Morgan fingerprint density at radius 2 is 1.50 bits per heavy atom. The second kappa shape index (κ2) is 6.96. The number of aryl methyl sites for hydroxylation is 1. The van der Waals surface area contributed by atoms with Crippen LogP contribution in [0.4, 0.5) is 11.6 Å². The molecule has 0 saturated heterocycles. The molecule has 0 saturated carbocycles. The monoisotopic (exact) mass is 339 g/mol. The molecule has 0 atom stereocenters. The van der Waals surface area contributed by atoms with Crippen LogP contribution in [0.5, 0.6) is 0 Å². The smallest absolute Gasteiger partial charge is 0.231 e. The Morgan fingerprint density at radius 3 is 2.19 bits per heavy atom. The van der Waals surface area contributed by atoms with Crippen LogP contribution >= 0.6 is 0 Å². The molecule has 4 aromatic rings. The predicted octanol–water partition coefficient (Wildman–Crippen LogP) is 5.76. The Labute approximate surface area is 154 Å². The third-order valence-corrected chi connectivity index (χ3v) is 4.51. The highest BCUT2D eigenvalue weighted by atomic mass is 15.3. The molecule has 0 N–H and O–H groups in total. The summed E-state index contributed by atoms with van der Waals surface area (Å²) in [7, 11) is 0. The largest absolute Gasteiger partial charge is 0.311 e. The lowest BCUT2D eigenvalue weighted by atomic mass is 10.0. The van der Waals surface area contributed by atoms with Crippen molar-refractivity contribution < 1.29 is 0 Å². The Hall–Kier alpha value is -3.20. The molecule has 4 rings (SSSR count). The zero-order valence-electron chi connectivity index (χ0n) is 15.1. The second-order valence-corrected chi connectivity index (χ2v) is 6.34. The number of aromatic nitrogens is 2. The molecule has 3 heteroatoms. The number of hydrogen-bond donors (Lipinski definition) is 0. The summed E-state index contributed by atoms with van der Waals surface area (Å²) >= 11 is 0. The van der Waals surface area contributed by atoms with Crippen LogP contribution in [0.15, 0.2) is 78.9 Å². The van der Waals surface area contributed by atoms with E-state index in [0.29, 0.717) is 0 Å². The van der Waals surface area contributed by atoms with Gasteiger partial charge in [-0.1, -0.05) is 60.2 Å². The van der Waals surface area contributed by atoms with Crippen LogP contribution in [0.2, 0.25) is 0 Å². The van der Waals surface area contributed by atoms with Crippen molar-refractivity contribution in [2.75, 3.05) is 11.4 Å². The first-order chi connectivity index (χ1) is 12.8. The number of rotatable bonds is 4. The van der Waals surface area contributed by atoms with E-state index < -0.39 is 0 Å². The van der Waals surface area contributed by atoms with Crippen molar-refractivity contribution in [2.45, 2.75) is 13.8 Å². The zero-order chi connectivity index (χ0) is 17.9. The minimum Gasteiger partial charge on any atom is -0.311 e. The topological polar surface area (TPSA) is 29.0 Å². The second-order valence-electron chi connectivity index (χ2n) is 6.34. The molecule has 0 bridgehead atoms. The highest BCUT2D eigenvalue weighted by Crippen LogP contribution is 2.31. The summed E-state index contributed by atoms with van der Waals surface area (Å²) in [5.74, 6) is 0.730. The standard InChI is InChI=1S/C23H21N3/c1-3-26(19-12-8-5-9-13-19)23-24-21-15-14-17(2)16-20(21)22(25-23)18-10-6-4-7-11-18/h4-16H,3H2,1-2H3. The van der Waals surface area contributed by atoms with E-state index in [1.807, 2.05) is 36.4 Å². The Bertz CT molecular complexity index is 1030. The molecular weight excluding hydrogens is 318 g/mol.